The normalized spacial score (nSPS) is 19.9. The van der Waals surface area contributed by atoms with Crippen molar-refractivity contribution in [1.82, 2.24) is 25.4 Å². The van der Waals surface area contributed by atoms with E-state index in [1.807, 2.05) is 0 Å². The van der Waals surface area contributed by atoms with Crippen LogP contribution in [0.25, 0.3) is 11.6 Å². The number of aromatic nitrogens is 4. The van der Waals surface area contributed by atoms with Crippen molar-refractivity contribution in [2.24, 2.45) is 0 Å². The van der Waals surface area contributed by atoms with Crippen molar-refractivity contribution in [3.05, 3.63) is 24.4 Å². The summed E-state index contributed by atoms with van der Waals surface area (Å²) in [6.45, 7) is 2.41. The third kappa shape index (κ3) is 2.52. The second kappa shape index (κ2) is 5.19. The molecule has 1 unspecified atom stereocenters. The van der Waals surface area contributed by atoms with Gasteiger partial charge >= 0.3 is 0 Å². The van der Waals surface area contributed by atoms with Gasteiger partial charge in [-0.15, -0.1) is 0 Å². The maximum Gasteiger partial charge on any atom is 0.240 e. The number of rotatable bonds is 3. The minimum Gasteiger partial charge on any atom is -0.375 e. The lowest BCUT2D eigenvalue weighted by Crippen LogP contribution is -2.39. The molecule has 1 saturated heterocycles. The van der Waals surface area contributed by atoms with Crippen LogP contribution in [0.4, 0.5) is 0 Å². The SMILES string of the molecule is c1cnc(-c2noc(CC3CNCCO3)n2)nc1. The second-order valence-electron chi connectivity index (χ2n) is 3.99. The first-order valence-corrected chi connectivity index (χ1v) is 5.84. The largest absolute Gasteiger partial charge is 0.375 e. The zero-order valence-corrected chi connectivity index (χ0v) is 9.74. The zero-order chi connectivity index (χ0) is 12.2. The summed E-state index contributed by atoms with van der Waals surface area (Å²) in [5.41, 5.74) is 0. The van der Waals surface area contributed by atoms with E-state index >= 15 is 0 Å². The third-order valence-corrected chi connectivity index (χ3v) is 2.64. The van der Waals surface area contributed by atoms with Gasteiger partial charge in [0.05, 0.1) is 19.1 Å². The fourth-order valence-corrected chi connectivity index (χ4v) is 1.79. The van der Waals surface area contributed by atoms with Crippen molar-refractivity contribution >= 4 is 0 Å². The quantitative estimate of drug-likeness (QED) is 0.820. The van der Waals surface area contributed by atoms with Gasteiger partial charge in [0.2, 0.25) is 17.5 Å². The van der Waals surface area contributed by atoms with Crippen molar-refractivity contribution in [1.29, 1.82) is 0 Å². The number of hydrogen-bond donors (Lipinski definition) is 1. The molecule has 1 atom stereocenters. The Morgan fingerprint density at radius 3 is 2.94 bits per heavy atom. The molecule has 0 spiro atoms. The predicted octanol–water partition coefficient (Wildman–Crippen LogP) is 0.0575. The highest BCUT2D eigenvalue weighted by Gasteiger charge is 2.18. The average Bonchev–Trinajstić information content (AvgIpc) is 2.89. The number of ether oxygens (including phenoxy) is 1. The van der Waals surface area contributed by atoms with Crippen LogP contribution in [0.2, 0.25) is 0 Å². The van der Waals surface area contributed by atoms with Crippen LogP contribution in [0.1, 0.15) is 5.89 Å². The van der Waals surface area contributed by atoms with E-state index < -0.39 is 0 Å². The van der Waals surface area contributed by atoms with Crippen LogP contribution in [-0.4, -0.2) is 45.9 Å². The maximum atomic E-state index is 5.58. The van der Waals surface area contributed by atoms with Crippen LogP contribution in [-0.2, 0) is 11.2 Å². The first kappa shape index (κ1) is 11.2. The van der Waals surface area contributed by atoms with Crippen LogP contribution < -0.4 is 5.32 Å². The number of nitrogens with one attached hydrogen (secondary N) is 1. The Labute approximate surface area is 104 Å². The molecule has 0 aromatic carbocycles. The fraction of sp³-hybridized carbons (Fsp3) is 0.455. The van der Waals surface area contributed by atoms with Crippen LogP contribution >= 0.6 is 0 Å². The van der Waals surface area contributed by atoms with E-state index in [9.17, 15) is 0 Å². The predicted molar refractivity (Wildman–Crippen MR) is 61.6 cm³/mol. The minimum absolute atomic E-state index is 0.0868. The molecule has 2 aromatic rings. The summed E-state index contributed by atoms with van der Waals surface area (Å²) in [6.07, 6.45) is 3.98. The Morgan fingerprint density at radius 1 is 1.28 bits per heavy atom. The van der Waals surface area contributed by atoms with Gasteiger partial charge in [-0.25, -0.2) is 9.97 Å². The molecule has 7 heteroatoms. The lowest BCUT2D eigenvalue weighted by molar-refractivity contribution is 0.0246. The smallest absolute Gasteiger partial charge is 0.240 e. The lowest BCUT2D eigenvalue weighted by atomic mass is 10.2. The molecule has 94 valence electrons. The molecule has 0 aliphatic carbocycles. The first-order chi connectivity index (χ1) is 8.92. The van der Waals surface area contributed by atoms with E-state index in [1.54, 1.807) is 18.5 Å². The summed E-state index contributed by atoms with van der Waals surface area (Å²) in [7, 11) is 0. The number of hydrogen-bond acceptors (Lipinski definition) is 7. The van der Waals surface area contributed by atoms with E-state index in [0.717, 1.165) is 13.1 Å². The van der Waals surface area contributed by atoms with Crippen molar-refractivity contribution in [2.75, 3.05) is 19.7 Å². The Morgan fingerprint density at radius 2 is 2.17 bits per heavy atom. The molecule has 0 saturated carbocycles. The van der Waals surface area contributed by atoms with Gasteiger partial charge in [0.15, 0.2) is 0 Å². The summed E-state index contributed by atoms with van der Waals surface area (Å²) in [4.78, 5) is 12.4. The van der Waals surface area contributed by atoms with Crippen LogP contribution in [0.5, 0.6) is 0 Å². The van der Waals surface area contributed by atoms with E-state index in [1.165, 1.54) is 0 Å². The topological polar surface area (TPSA) is 86.0 Å². The van der Waals surface area contributed by atoms with Gasteiger partial charge in [-0.05, 0) is 6.07 Å². The molecule has 3 rings (SSSR count). The Balaban J connectivity index is 1.69. The monoisotopic (exact) mass is 247 g/mol. The molecule has 1 aliphatic heterocycles. The molecule has 1 N–H and O–H groups in total. The van der Waals surface area contributed by atoms with E-state index in [4.69, 9.17) is 9.26 Å². The Kier molecular flexibility index (Phi) is 3.24. The number of nitrogens with zero attached hydrogens (tertiary/aromatic N) is 4. The molecular formula is C11H13N5O2. The summed E-state index contributed by atoms with van der Waals surface area (Å²) in [5, 5.41) is 7.12. The molecule has 0 radical (unpaired) electrons. The van der Waals surface area contributed by atoms with E-state index in [0.29, 0.717) is 30.6 Å². The summed E-state index contributed by atoms with van der Waals surface area (Å²) in [6, 6.07) is 1.74. The van der Waals surface area contributed by atoms with E-state index in [-0.39, 0.29) is 6.10 Å². The molecular weight excluding hydrogens is 234 g/mol. The Bertz CT molecular complexity index is 495. The minimum atomic E-state index is 0.0868. The molecule has 0 amide bonds. The lowest BCUT2D eigenvalue weighted by Gasteiger charge is -2.21. The van der Waals surface area contributed by atoms with Crippen LogP contribution in [0.3, 0.4) is 0 Å². The average molecular weight is 247 g/mol. The van der Waals surface area contributed by atoms with E-state index in [2.05, 4.69) is 25.4 Å². The highest BCUT2D eigenvalue weighted by Crippen LogP contribution is 2.11. The summed E-state index contributed by atoms with van der Waals surface area (Å²) < 4.78 is 10.7. The zero-order valence-electron chi connectivity index (χ0n) is 9.74. The van der Waals surface area contributed by atoms with Gasteiger partial charge in [0, 0.05) is 25.5 Å². The molecule has 1 fully saturated rings. The Hall–Kier alpha value is -1.86. The molecule has 0 bridgehead atoms. The summed E-state index contributed by atoms with van der Waals surface area (Å²) in [5.74, 6) is 1.43. The molecule has 2 aromatic heterocycles. The number of morpholine rings is 1. The van der Waals surface area contributed by atoms with Crippen molar-refractivity contribution in [3.8, 4) is 11.6 Å². The van der Waals surface area contributed by atoms with Crippen LogP contribution in [0, 0.1) is 0 Å². The maximum absolute atomic E-state index is 5.58. The molecule has 3 heterocycles. The molecule has 7 nitrogen and oxygen atoms in total. The highest BCUT2D eigenvalue weighted by atomic mass is 16.5. The first-order valence-electron chi connectivity index (χ1n) is 5.84. The second-order valence-corrected chi connectivity index (χ2v) is 3.99. The molecule has 18 heavy (non-hydrogen) atoms. The van der Waals surface area contributed by atoms with Crippen molar-refractivity contribution in [2.45, 2.75) is 12.5 Å². The molecule has 1 aliphatic rings. The third-order valence-electron chi connectivity index (χ3n) is 2.64. The fourth-order valence-electron chi connectivity index (χ4n) is 1.79. The van der Waals surface area contributed by atoms with Crippen LogP contribution in [0.15, 0.2) is 23.0 Å². The van der Waals surface area contributed by atoms with Gasteiger partial charge < -0.3 is 14.6 Å². The van der Waals surface area contributed by atoms with Crippen molar-refractivity contribution < 1.29 is 9.26 Å². The van der Waals surface area contributed by atoms with Gasteiger partial charge in [0.1, 0.15) is 0 Å². The highest BCUT2D eigenvalue weighted by molar-refractivity contribution is 5.40. The van der Waals surface area contributed by atoms with Crippen molar-refractivity contribution in [3.63, 3.8) is 0 Å². The van der Waals surface area contributed by atoms with Gasteiger partial charge in [0.25, 0.3) is 0 Å². The standard InChI is InChI=1S/C11H13N5O2/c1-2-13-10(14-3-1)11-15-9(18-16-11)6-8-7-12-4-5-17-8/h1-3,8,12H,4-7H2. The van der Waals surface area contributed by atoms with Gasteiger partial charge in [-0.3, -0.25) is 0 Å². The summed E-state index contributed by atoms with van der Waals surface area (Å²) >= 11 is 0. The van der Waals surface area contributed by atoms with Gasteiger partial charge in [-0.2, -0.15) is 4.98 Å². The van der Waals surface area contributed by atoms with Gasteiger partial charge in [-0.1, -0.05) is 5.16 Å².